The fraction of sp³-hybridized carbons (Fsp3) is 1.00. The smallest absolute Gasteiger partial charge is 0.282 e. The molecule has 1 N–H and O–H groups in total. The molecule has 6 nitrogen and oxygen atoms in total. The van der Waals surface area contributed by atoms with Crippen molar-refractivity contribution in [1.29, 1.82) is 0 Å². The summed E-state index contributed by atoms with van der Waals surface area (Å²) in [5.41, 5.74) is 0. The van der Waals surface area contributed by atoms with Crippen LogP contribution in [0.5, 0.6) is 0 Å². The van der Waals surface area contributed by atoms with Crippen molar-refractivity contribution in [2.24, 2.45) is 5.92 Å². The molecule has 2 atom stereocenters. The van der Waals surface area contributed by atoms with Crippen molar-refractivity contribution in [3.05, 3.63) is 0 Å². The minimum Gasteiger partial charge on any atom is -0.396 e. The topological polar surface area (TPSA) is 64.1 Å². The monoisotopic (exact) mass is 319 g/mol. The Morgan fingerprint density at radius 3 is 2.38 bits per heavy atom. The zero-order chi connectivity index (χ0) is 15.5. The Balaban J connectivity index is 1.95. The second-order valence-corrected chi connectivity index (χ2v) is 8.18. The van der Waals surface area contributed by atoms with Gasteiger partial charge in [0.1, 0.15) is 0 Å². The molecule has 0 bridgehead atoms. The van der Waals surface area contributed by atoms with Gasteiger partial charge in [-0.1, -0.05) is 6.92 Å². The number of aliphatic hydroxyl groups is 1. The van der Waals surface area contributed by atoms with Crippen LogP contribution in [0, 0.1) is 5.92 Å². The number of hydrogen-bond acceptors (Lipinski definition) is 4. The van der Waals surface area contributed by atoms with E-state index in [1.165, 1.54) is 0 Å². The second kappa shape index (κ2) is 7.37. The molecular weight excluding hydrogens is 290 g/mol. The van der Waals surface area contributed by atoms with Gasteiger partial charge in [-0.15, -0.1) is 0 Å². The minimum atomic E-state index is -3.36. The molecule has 7 heteroatoms. The Bertz CT molecular complexity index is 421. The lowest BCUT2D eigenvalue weighted by Crippen LogP contribution is -2.56. The maximum absolute atomic E-state index is 12.7. The molecular formula is C14H29N3O3S. The van der Waals surface area contributed by atoms with Gasteiger partial charge in [-0.25, -0.2) is 0 Å². The number of piperazine rings is 1. The first-order chi connectivity index (χ1) is 9.98. The van der Waals surface area contributed by atoms with Crippen molar-refractivity contribution in [3.63, 3.8) is 0 Å². The van der Waals surface area contributed by atoms with E-state index in [2.05, 4.69) is 18.7 Å². The highest BCUT2D eigenvalue weighted by molar-refractivity contribution is 7.86. The normalized spacial score (nSPS) is 28.6. The van der Waals surface area contributed by atoms with Gasteiger partial charge in [0.15, 0.2) is 0 Å². The summed E-state index contributed by atoms with van der Waals surface area (Å²) in [4.78, 5) is 2.36. The standard InChI is InChI=1S/C14H29N3O3S/c1-3-13(2)15-7-9-16(10-8-15)21(19,20)17-6-4-5-14(11-17)12-18/h13-14,18H,3-12H2,1-2H3. The predicted octanol–water partition coefficient (Wildman–Crippen LogP) is 0.352. The number of rotatable bonds is 5. The molecule has 2 fully saturated rings. The van der Waals surface area contributed by atoms with Crippen LogP contribution in [-0.4, -0.2) is 79.0 Å². The molecule has 2 unspecified atom stereocenters. The molecule has 2 saturated heterocycles. The van der Waals surface area contributed by atoms with Crippen LogP contribution in [-0.2, 0) is 10.2 Å². The molecule has 0 saturated carbocycles. The first kappa shape index (κ1) is 17.1. The summed E-state index contributed by atoms with van der Waals surface area (Å²) in [5.74, 6) is 0.0925. The number of aliphatic hydroxyl groups excluding tert-OH is 1. The van der Waals surface area contributed by atoms with Crippen LogP contribution in [0.2, 0.25) is 0 Å². The maximum atomic E-state index is 12.7. The van der Waals surface area contributed by atoms with Crippen molar-refractivity contribution in [1.82, 2.24) is 13.5 Å². The summed E-state index contributed by atoms with van der Waals surface area (Å²) in [5, 5.41) is 9.27. The van der Waals surface area contributed by atoms with Gasteiger partial charge >= 0.3 is 0 Å². The quantitative estimate of drug-likeness (QED) is 0.794. The summed E-state index contributed by atoms with van der Waals surface area (Å²) < 4.78 is 28.6. The van der Waals surface area contributed by atoms with E-state index >= 15 is 0 Å². The van der Waals surface area contributed by atoms with Crippen LogP contribution in [0.4, 0.5) is 0 Å². The van der Waals surface area contributed by atoms with Crippen LogP contribution in [0.15, 0.2) is 0 Å². The molecule has 0 aromatic carbocycles. The van der Waals surface area contributed by atoms with Gasteiger partial charge in [-0.05, 0) is 32.1 Å². The molecule has 124 valence electrons. The van der Waals surface area contributed by atoms with E-state index < -0.39 is 10.2 Å². The van der Waals surface area contributed by atoms with Gasteiger partial charge in [0, 0.05) is 51.9 Å². The first-order valence-corrected chi connectivity index (χ1v) is 9.48. The molecule has 0 amide bonds. The molecule has 0 aliphatic carbocycles. The highest BCUT2D eigenvalue weighted by Gasteiger charge is 2.35. The van der Waals surface area contributed by atoms with E-state index in [1.807, 2.05) is 0 Å². The Morgan fingerprint density at radius 2 is 1.81 bits per heavy atom. The largest absolute Gasteiger partial charge is 0.396 e. The van der Waals surface area contributed by atoms with E-state index in [0.29, 0.717) is 32.2 Å². The van der Waals surface area contributed by atoms with E-state index in [0.717, 1.165) is 32.4 Å². The van der Waals surface area contributed by atoms with E-state index in [1.54, 1.807) is 8.61 Å². The van der Waals surface area contributed by atoms with Crippen molar-refractivity contribution in [2.75, 3.05) is 45.9 Å². The molecule has 2 heterocycles. The predicted molar refractivity (Wildman–Crippen MR) is 83.2 cm³/mol. The lowest BCUT2D eigenvalue weighted by Gasteiger charge is -2.40. The van der Waals surface area contributed by atoms with Crippen LogP contribution in [0.1, 0.15) is 33.1 Å². The summed E-state index contributed by atoms with van der Waals surface area (Å²) in [6.45, 7) is 8.26. The fourth-order valence-electron chi connectivity index (χ4n) is 3.18. The summed E-state index contributed by atoms with van der Waals surface area (Å²) in [7, 11) is -3.36. The lowest BCUT2D eigenvalue weighted by atomic mass is 10.0. The molecule has 0 aromatic rings. The van der Waals surface area contributed by atoms with Gasteiger partial charge < -0.3 is 5.11 Å². The van der Waals surface area contributed by atoms with E-state index in [-0.39, 0.29) is 12.5 Å². The zero-order valence-electron chi connectivity index (χ0n) is 13.2. The maximum Gasteiger partial charge on any atom is 0.282 e. The van der Waals surface area contributed by atoms with Gasteiger partial charge in [0.2, 0.25) is 0 Å². The Morgan fingerprint density at radius 1 is 1.14 bits per heavy atom. The minimum absolute atomic E-state index is 0.0772. The van der Waals surface area contributed by atoms with Crippen LogP contribution < -0.4 is 0 Å². The lowest BCUT2D eigenvalue weighted by molar-refractivity contribution is 0.129. The summed E-state index contributed by atoms with van der Waals surface area (Å²) in [6.07, 6.45) is 2.86. The molecule has 0 aromatic heterocycles. The SMILES string of the molecule is CCC(C)N1CCN(S(=O)(=O)N2CCCC(CO)C2)CC1. The van der Waals surface area contributed by atoms with Crippen molar-refractivity contribution >= 4 is 10.2 Å². The molecule has 2 rings (SSSR count). The Labute approximate surface area is 128 Å². The number of piperidine rings is 1. The molecule has 2 aliphatic heterocycles. The van der Waals surface area contributed by atoms with E-state index in [4.69, 9.17) is 0 Å². The van der Waals surface area contributed by atoms with Crippen molar-refractivity contribution in [2.45, 2.75) is 39.2 Å². The third-order valence-corrected chi connectivity index (χ3v) is 6.88. The fourth-order valence-corrected chi connectivity index (χ4v) is 4.89. The van der Waals surface area contributed by atoms with Crippen LogP contribution in [0.3, 0.4) is 0 Å². The van der Waals surface area contributed by atoms with Crippen molar-refractivity contribution in [3.8, 4) is 0 Å². The second-order valence-electron chi connectivity index (χ2n) is 6.25. The zero-order valence-corrected chi connectivity index (χ0v) is 14.1. The highest BCUT2D eigenvalue weighted by Crippen LogP contribution is 2.22. The molecule has 0 spiro atoms. The highest BCUT2D eigenvalue weighted by atomic mass is 32.2. The number of nitrogens with zero attached hydrogens (tertiary/aromatic N) is 3. The van der Waals surface area contributed by atoms with E-state index in [9.17, 15) is 13.5 Å². The van der Waals surface area contributed by atoms with Gasteiger partial charge in [0.25, 0.3) is 10.2 Å². The summed E-state index contributed by atoms with van der Waals surface area (Å²) >= 11 is 0. The van der Waals surface area contributed by atoms with Crippen LogP contribution >= 0.6 is 0 Å². The average molecular weight is 319 g/mol. The first-order valence-electron chi connectivity index (χ1n) is 8.09. The van der Waals surface area contributed by atoms with Crippen LogP contribution in [0.25, 0.3) is 0 Å². The average Bonchev–Trinajstić information content (AvgIpc) is 2.54. The Hall–Kier alpha value is -0.210. The molecule has 21 heavy (non-hydrogen) atoms. The Kier molecular flexibility index (Phi) is 6.02. The van der Waals surface area contributed by atoms with Crippen molar-refractivity contribution < 1.29 is 13.5 Å². The van der Waals surface area contributed by atoms with Gasteiger partial charge in [-0.3, -0.25) is 4.90 Å². The third kappa shape index (κ3) is 3.96. The van der Waals surface area contributed by atoms with Gasteiger partial charge in [-0.2, -0.15) is 17.0 Å². The summed E-state index contributed by atoms with van der Waals surface area (Å²) in [6, 6.07) is 0.517. The molecule has 2 aliphatic rings. The molecule has 0 radical (unpaired) electrons. The van der Waals surface area contributed by atoms with Gasteiger partial charge in [0.05, 0.1) is 0 Å². The number of hydrogen-bond donors (Lipinski definition) is 1. The third-order valence-electron chi connectivity index (χ3n) is 4.88.